The van der Waals surface area contributed by atoms with Crippen molar-refractivity contribution in [3.8, 4) is 5.75 Å². The van der Waals surface area contributed by atoms with Crippen LogP contribution in [0.5, 0.6) is 5.75 Å². The van der Waals surface area contributed by atoms with E-state index >= 15 is 0 Å². The van der Waals surface area contributed by atoms with Gasteiger partial charge in [-0.25, -0.2) is 0 Å². The van der Waals surface area contributed by atoms with E-state index in [-0.39, 0.29) is 11.9 Å². The zero-order valence-corrected chi connectivity index (χ0v) is 15.9. The predicted octanol–water partition coefficient (Wildman–Crippen LogP) is 3.27. The third kappa shape index (κ3) is 7.04. The molecule has 0 spiro atoms. The minimum absolute atomic E-state index is 0.0369. The number of rotatable bonds is 9. The Labute approximate surface area is 152 Å². The maximum Gasteiger partial charge on any atom is 0.225 e. The van der Waals surface area contributed by atoms with Crippen LogP contribution in [0.15, 0.2) is 24.3 Å². The number of carbonyl (C=O) groups is 1. The smallest absolute Gasteiger partial charge is 0.225 e. The highest BCUT2D eigenvalue weighted by Crippen LogP contribution is 2.16. The van der Waals surface area contributed by atoms with Crippen LogP contribution in [0.3, 0.4) is 0 Å². The molecule has 1 aliphatic heterocycles. The minimum Gasteiger partial charge on any atom is -0.497 e. The van der Waals surface area contributed by atoms with E-state index in [9.17, 15) is 4.79 Å². The second-order valence-electron chi connectivity index (χ2n) is 7.07. The summed E-state index contributed by atoms with van der Waals surface area (Å²) in [5, 5.41) is 6.39. The Hall–Kier alpha value is -1.59. The van der Waals surface area contributed by atoms with Crippen LogP contribution in [-0.4, -0.2) is 49.6 Å². The summed E-state index contributed by atoms with van der Waals surface area (Å²) in [4.78, 5) is 14.7. The van der Waals surface area contributed by atoms with Crippen molar-refractivity contribution in [2.45, 2.75) is 58.0 Å². The molecule has 25 heavy (non-hydrogen) atoms. The molecule has 0 radical (unpaired) electrons. The molecule has 1 heterocycles. The number of piperidine rings is 1. The number of anilines is 1. The van der Waals surface area contributed by atoms with E-state index in [1.165, 1.54) is 25.8 Å². The van der Waals surface area contributed by atoms with Crippen LogP contribution in [-0.2, 0) is 4.79 Å². The van der Waals surface area contributed by atoms with Crippen molar-refractivity contribution in [1.82, 2.24) is 10.2 Å². The van der Waals surface area contributed by atoms with Gasteiger partial charge in [-0.2, -0.15) is 0 Å². The largest absolute Gasteiger partial charge is 0.497 e. The van der Waals surface area contributed by atoms with Gasteiger partial charge in [0.1, 0.15) is 5.75 Å². The molecule has 140 valence electrons. The van der Waals surface area contributed by atoms with Gasteiger partial charge in [0.25, 0.3) is 0 Å². The third-order valence-corrected chi connectivity index (χ3v) is 4.92. The number of benzene rings is 1. The Balaban J connectivity index is 1.60. The van der Waals surface area contributed by atoms with E-state index in [2.05, 4.69) is 29.4 Å². The summed E-state index contributed by atoms with van der Waals surface area (Å²) in [6, 6.07) is 8.31. The maximum absolute atomic E-state index is 12.1. The van der Waals surface area contributed by atoms with Crippen LogP contribution in [0.4, 0.5) is 5.69 Å². The summed E-state index contributed by atoms with van der Waals surface area (Å²) in [5.74, 6) is 0.825. The monoisotopic (exact) mass is 347 g/mol. The minimum atomic E-state index is 0.0369. The summed E-state index contributed by atoms with van der Waals surface area (Å²) in [5.41, 5.74) is 0.803. The third-order valence-electron chi connectivity index (χ3n) is 4.92. The first-order chi connectivity index (χ1) is 12.1. The number of nitrogens with one attached hydrogen (secondary N) is 2. The molecule has 5 heteroatoms. The van der Waals surface area contributed by atoms with E-state index in [0.29, 0.717) is 6.42 Å². The van der Waals surface area contributed by atoms with E-state index < -0.39 is 0 Å². The van der Waals surface area contributed by atoms with Crippen LogP contribution < -0.4 is 15.4 Å². The van der Waals surface area contributed by atoms with Gasteiger partial charge in [0, 0.05) is 24.2 Å². The average Bonchev–Trinajstić information content (AvgIpc) is 2.60. The molecule has 2 N–H and O–H groups in total. The molecule has 0 saturated carbocycles. The first kappa shape index (κ1) is 19.7. The molecule has 2 atom stereocenters. The zero-order chi connectivity index (χ0) is 18.1. The summed E-state index contributed by atoms with van der Waals surface area (Å²) < 4.78 is 5.12. The fraction of sp³-hybridized carbons (Fsp3) is 0.650. The van der Waals surface area contributed by atoms with Crippen molar-refractivity contribution in [2.24, 2.45) is 0 Å². The number of ether oxygens (including phenoxy) is 1. The Morgan fingerprint density at radius 3 is 2.76 bits per heavy atom. The molecule has 2 rings (SSSR count). The molecule has 1 aliphatic rings. The summed E-state index contributed by atoms with van der Waals surface area (Å²) >= 11 is 0. The van der Waals surface area contributed by atoms with Crippen LogP contribution in [0.1, 0.15) is 46.0 Å². The van der Waals surface area contributed by atoms with Gasteiger partial charge < -0.3 is 20.3 Å². The summed E-state index contributed by atoms with van der Waals surface area (Å²) in [7, 11) is 1.63. The molecule has 1 aromatic carbocycles. The van der Waals surface area contributed by atoms with E-state index in [1.54, 1.807) is 7.11 Å². The van der Waals surface area contributed by atoms with E-state index in [1.807, 2.05) is 24.3 Å². The fourth-order valence-electron chi connectivity index (χ4n) is 3.36. The van der Waals surface area contributed by atoms with Gasteiger partial charge in [-0.15, -0.1) is 0 Å². The highest BCUT2D eigenvalue weighted by atomic mass is 16.5. The molecule has 1 aromatic rings. The molecule has 1 amide bonds. The first-order valence-corrected chi connectivity index (χ1v) is 9.50. The fourth-order valence-corrected chi connectivity index (χ4v) is 3.36. The average molecular weight is 348 g/mol. The van der Waals surface area contributed by atoms with Crippen molar-refractivity contribution in [3.05, 3.63) is 24.3 Å². The summed E-state index contributed by atoms with van der Waals surface area (Å²) in [6.07, 6.45) is 5.65. The number of methoxy groups -OCH3 is 1. The normalized spacial score (nSPS) is 19.4. The molecule has 0 unspecified atom stereocenters. The lowest BCUT2D eigenvalue weighted by Gasteiger charge is -2.33. The highest BCUT2D eigenvalue weighted by molar-refractivity contribution is 5.91. The van der Waals surface area contributed by atoms with Gasteiger partial charge in [0.15, 0.2) is 0 Å². The molecule has 0 bridgehead atoms. The lowest BCUT2D eigenvalue weighted by atomic mass is 10.0. The molecule has 0 aliphatic carbocycles. The number of likely N-dealkylation sites (tertiary alicyclic amines) is 1. The van der Waals surface area contributed by atoms with Crippen molar-refractivity contribution in [1.29, 1.82) is 0 Å². The van der Waals surface area contributed by atoms with Crippen LogP contribution in [0, 0.1) is 0 Å². The van der Waals surface area contributed by atoms with E-state index in [0.717, 1.165) is 37.0 Å². The maximum atomic E-state index is 12.1. The van der Waals surface area contributed by atoms with Crippen molar-refractivity contribution < 1.29 is 9.53 Å². The quantitative estimate of drug-likeness (QED) is 0.673. The molecule has 1 fully saturated rings. The highest BCUT2D eigenvalue weighted by Gasteiger charge is 2.17. The second kappa shape index (κ2) is 10.4. The predicted molar refractivity (Wildman–Crippen MR) is 103 cm³/mol. The number of hydrogen-bond donors (Lipinski definition) is 2. The number of nitrogens with zero attached hydrogens (tertiary/aromatic N) is 1. The molecule has 1 saturated heterocycles. The van der Waals surface area contributed by atoms with Gasteiger partial charge in [0.2, 0.25) is 5.91 Å². The van der Waals surface area contributed by atoms with Gasteiger partial charge in [-0.3, -0.25) is 4.79 Å². The lowest BCUT2D eigenvalue weighted by Crippen LogP contribution is -2.39. The number of amides is 1. The van der Waals surface area contributed by atoms with Crippen LogP contribution >= 0.6 is 0 Å². The van der Waals surface area contributed by atoms with Gasteiger partial charge in [0.05, 0.1) is 7.11 Å². The number of carbonyl (C=O) groups excluding carboxylic acids is 1. The first-order valence-electron chi connectivity index (χ1n) is 9.50. The molecular formula is C20H33N3O2. The Bertz CT molecular complexity index is 518. The molecule has 0 aromatic heterocycles. The summed E-state index contributed by atoms with van der Waals surface area (Å²) in [6.45, 7) is 7.75. The van der Waals surface area contributed by atoms with Crippen LogP contribution in [0.25, 0.3) is 0 Å². The standard InChI is InChI=1S/C20H33N3O2/c1-16(21-12-6-14-23-13-5-4-7-17(23)2)15-20(24)22-18-8-10-19(25-3)11-9-18/h8-11,16-17,21H,4-7,12-15H2,1-3H3,(H,22,24)/t16-,17-/m0/s1. The topological polar surface area (TPSA) is 53.6 Å². The molecular weight excluding hydrogens is 314 g/mol. The van der Waals surface area contributed by atoms with E-state index in [4.69, 9.17) is 4.74 Å². The SMILES string of the molecule is COc1ccc(NC(=O)C[C@H](C)NCCCN2CCCC[C@@H]2C)cc1. The Morgan fingerprint density at radius 1 is 1.32 bits per heavy atom. The molecule has 5 nitrogen and oxygen atoms in total. The van der Waals surface area contributed by atoms with Gasteiger partial charge >= 0.3 is 0 Å². The Morgan fingerprint density at radius 2 is 2.08 bits per heavy atom. The van der Waals surface area contributed by atoms with Crippen molar-refractivity contribution in [3.63, 3.8) is 0 Å². The van der Waals surface area contributed by atoms with Gasteiger partial charge in [-0.05, 0) is 77.0 Å². The second-order valence-corrected chi connectivity index (χ2v) is 7.07. The van der Waals surface area contributed by atoms with Crippen LogP contribution in [0.2, 0.25) is 0 Å². The van der Waals surface area contributed by atoms with Crippen molar-refractivity contribution >= 4 is 11.6 Å². The van der Waals surface area contributed by atoms with Gasteiger partial charge in [-0.1, -0.05) is 6.42 Å². The lowest BCUT2D eigenvalue weighted by molar-refractivity contribution is -0.116. The Kier molecular flexibility index (Phi) is 8.22. The number of hydrogen-bond acceptors (Lipinski definition) is 4. The zero-order valence-electron chi connectivity index (χ0n) is 15.9. The van der Waals surface area contributed by atoms with Crippen molar-refractivity contribution in [2.75, 3.05) is 32.1 Å².